The van der Waals surface area contributed by atoms with Gasteiger partial charge in [0.25, 0.3) is 0 Å². The molecule has 0 aromatic heterocycles. The maximum Gasteiger partial charge on any atom is 0.0739 e. The zero-order chi connectivity index (χ0) is 30.8. The highest BCUT2D eigenvalue weighted by Gasteiger charge is 1.72. The third-order valence-electron chi connectivity index (χ3n) is 2.41. The first-order valence-electron chi connectivity index (χ1n) is 12.5. The lowest BCUT2D eigenvalue weighted by molar-refractivity contribution is -0.368. The Morgan fingerprint density at radius 2 is 0.500 bits per heavy atom. The van der Waals surface area contributed by atoms with Crippen LogP contribution in [0.4, 0.5) is 0 Å². The van der Waals surface area contributed by atoms with Gasteiger partial charge >= 0.3 is 0 Å². The van der Waals surface area contributed by atoms with E-state index in [4.69, 9.17) is 39.6 Å². The second-order valence-electron chi connectivity index (χ2n) is 6.79. The van der Waals surface area contributed by atoms with E-state index in [0.29, 0.717) is 0 Å². The van der Waals surface area contributed by atoms with E-state index in [1.54, 1.807) is 0 Å². The van der Waals surface area contributed by atoms with Crippen LogP contribution in [0.1, 0.15) is 107 Å². The zero-order valence-electron chi connectivity index (χ0n) is 24.6. The van der Waals surface area contributed by atoms with Gasteiger partial charge in [0.1, 0.15) is 0 Å². The smallest absolute Gasteiger partial charge is 0.0739 e. The van der Waals surface area contributed by atoms with E-state index in [1.807, 2.05) is 0 Å². The number of aliphatic carboxylic acids is 4. The molecule has 0 aliphatic carbocycles. The predicted molar refractivity (Wildman–Crippen MR) is 133 cm³/mol. The van der Waals surface area contributed by atoms with E-state index >= 15 is 0 Å². The van der Waals surface area contributed by atoms with Crippen LogP contribution < -0.4 is 43.4 Å². The number of unbranched alkanes of at least 4 members (excludes halogenated alkanes) is 4. The van der Waals surface area contributed by atoms with Crippen LogP contribution in [0.3, 0.4) is 0 Å². The number of carboxylic acids is 4. The Hall–Kier alpha value is -2.28. The molecule has 0 heterocycles. The molecule has 0 aliphatic heterocycles. The van der Waals surface area contributed by atoms with Gasteiger partial charge in [0.15, 0.2) is 0 Å². The minimum absolute atomic E-state index is 0.972. The fourth-order valence-corrected chi connectivity index (χ4v) is 1.000. The number of carbonyl (C=O) groups is 4. The fraction of sp³-hybridized carbons (Fsp3) is 0.833. The summed E-state index contributed by atoms with van der Waals surface area (Å²) >= 11 is 0. The molecule has 0 rings (SSSR count). The molecule has 0 saturated heterocycles. The lowest BCUT2D eigenvalue weighted by atomic mass is 10.3. The molecule has 0 unspecified atom stereocenters. The van der Waals surface area contributed by atoms with Crippen LogP contribution in [0.2, 0.25) is 0 Å². The maximum absolute atomic E-state index is 8.89. The Kier molecular flexibility index (Phi) is 106. The summed E-state index contributed by atoms with van der Waals surface area (Å²) < 4.78 is 0. The van der Waals surface area contributed by atoms with Crippen molar-refractivity contribution in [2.24, 2.45) is 0 Å². The van der Waals surface area contributed by atoms with Crippen molar-refractivity contribution in [2.75, 3.05) is 26.2 Å². The van der Waals surface area contributed by atoms with Crippen molar-refractivity contribution in [3.05, 3.63) is 0 Å². The molecule has 0 amide bonds. The Morgan fingerprint density at radius 3 is 0.500 bits per heavy atom. The van der Waals surface area contributed by atoms with Crippen molar-refractivity contribution < 1.29 is 62.5 Å². The maximum atomic E-state index is 8.89. The van der Waals surface area contributed by atoms with Crippen LogP contribution in [0.15, 0.2) is 0 Å². The molecule has 0 spiro atoms. The van der Waals surface area contributed by atoms with Crippen molar-refractivity contribution in [3.8, 4) is 0 Å². The molecule has 0 bridgehead atoms. The third-order valence-corrected chi connectivity index (χ3v) is 2.41. The lowest BCUT2D eigenvalue weighted by Crippen LogP contribution is -2.49. The summed E-state index contributed by atoms with van der Waals surface area (Å²) in [5, 5.41) is 35.6. The van der Waals surface area contributed by atoms with E-state index < -0.39 is 23.9 Å². The first-order chi connectivity index (χ1) is 16.6. The molecule has 0 fully saturated rings. The van der Waals surface area contributed by atoms with Crippen molar-refractivity contribution in [2.45, 2.75) is 107 Å². The fourth-order valence-electron chi connectivity index (χ4n) is 1.000. The van der Waals surface area contributed by atoms with Gasteiger partial charge in [0.05, 0.1) is 26.2 Å². The van der Waals surface area contributed by atoms with Gasteiger partial charge in [-0.25, -0.2) is 0 Å². The van der Waals surface area contributed by atoms with Crippen LogP contribution in [0.25, 0.3) is 0 Å². The summed E-state index contributed by atoms with van der Waals surface area (Å²) in [6.45, 7) is 17.0. The summed E-state index contributed by atoms with van der Waals surface area (Å²) in [6, 6.07) is 0. The van der Waals surface area contributed by atoms with Gasteiger partial charge in [-0.1, -0.05) is 53.4 Å². The lowest BCUT2D eigenvalue weighted by Gasteiger charge is -1.77. The summed E-state index contributed by atoms with van der Waals surface area (Å²) in [7, 11) is 0. The largest absolute Gasteiger partial charge is 0.550 e. The van der Waals surface area contributed by atoms with Crippen molar-refractivity contribution in [1.29, 1.82) is 0 Å². The number of rotatable bonds is 8. The normalized spacial score (nSPS) is 7.44. The first kappa shape index (κ1) is 54.6. The number of quaternary nitrogens is 4. The Bertz CT molecular complexity index is 304. The molecular formula is C24H60N4O8. The molecule has 12 nitrogen and oxygen atoms in total. The molecule has 224 valence electrons. The predicted octanol–water partition coefficient (Wildman–Crippen LogP) is -4.86. The Balaban J connectivity index is -0.0000000416. The van der Waals surface area contributed by atoms with Crippen LogP contribution in [-0.4, -0.2) is 50.1 Å². The van der Waals surface area contributed by atoms with E-state index in [2.05, 4.69) is 50.6 Å². The average molecular weight is 533 g/mol. The van der Waals surface area contributed by atoms with Gasteiger partial charge in [0, 0.05) is 23.9 Å². The number of carbonyl (C=O) groups excluding carboxylic acids is 4. The molecule has 0 aliphatic rings. The summed E-state index contributed by atoms with van der Waals surface area (Å²) in [5.41, 5.74) is 14.7. The summed E-state index contributed by atoms with van der Waals surface area (Å²) in [4.78, 5) is 35.6. The van der Waals surface area contributed by atoms with Gasteiger partial charge in [0.2, 0.25) is 0 Å². The number of hydrogen-bond donors (Lipinski definition) is 4. The van der Waals surface area contributed by atoms with Crippen LogP contribution >= 0.6 is 0 Å². The summed E-state index contributed by atoms with van der Waals surface area (Å²) in [6.07, 6.45) is 10.2. The number of carboxylic acid groups (broad SMARTS) is 4. The van der Waals surface area contributed by atoms with Crippen molar-refractivity contribution in [1.82, 2.24) is 0 Å². The van der Waals surface area contributed by atoms with Gasteiger partial charge in [-0.3, -0.25) is 0 Å². The van der Waals surface area contributed by atoms with Crippen LogP contribution in [0.5, 0.6) is 0 Å². The molecule has 12 heteroatoms. The minimum atomic E-state index is -1.08. The molecule has 0 atom stereocenters. The highest BCUT2D eigenvalue weighted by atomic mass is 16.4. The van der Waals surface area contributed by atoms with Crippen LogP contribution in [0, 0.1) is 0 Å². The SMILES string of the molecule is CC(=O)[O-].CC(=O)[O-].CC(=O)[O-].CC(=O)[O-].CCCC[NH3+].CCCC[NH3+].CCCC[NH3+].CCCC[NH3+]. The monoisotopic (exact) mass is 532 g/mol. The van der Waals surface area contributed by atoms with Crippen molar-refractivity contribution in [3.63, 3.8) is 0 Å². The quantitative estimate of drug-likeness (QED) is 0.234. The first-order valence-corrected chi connectivity index (χ1v) is 12.5. The van der Waals surface area contributed by atoms with Gasteiger partial charge < -0.3 is 62.5 Å². The Labute approximate surface area is 219 Å². The molecule has 12 N–H and O–H groups in total. The zero-order valence-corrected chi connectivity index (χ0v) is 24.6. The average Bonchev–Trinajstić information content (AvgIpc) is 2.70. The van der Waals surface area contributed by atoms with E-state index in [9.17, 15) is 0 Å². The minimum Gasteiger partial charge on any atom is -0.550 e. The Morgan fingerprint density at radius 1 is 0.417 bits per heavy atom. The third kappa shape index (κ3) is 915. The van der Waals surface area contributed by atoms with Crippen molar-refractivity contribution >= 4 is 23.9 Å². The van der Waals surface area contributed by atoms with Gasteiger partial charge in [-0.05, 0) is 53.4 Å². The highest BCUT2D eigenvalue weighted by molar-refractivity contribution is 5.61. The topological polar surface area (TPSA) is 271 Å². The van der Waals surface area contributed by atoms with E-state index in [0.717, 1.165) is 53.9 Å². The molecule has 0 aromatic rings. The van der Waals surface area contributed by atoms with Gasteiger partial charge in [-0.2, -0.15) is 0 Å². The van der Waals surface area contributed by atoms with E-state index in [-0.39, 0.29) is 0 Å². The van der Waals surface area contributed by atoms with Crippen LogP contribution in [-0.2, 0) is 19.2 Å². The molecule has 0 radical (unpaired) electrons. The number of hydrogen-bond acceptors (Lipinski definition) is 8. The molecule has 36 heavy (non-hydrogen) atoms. The van der Waals surface area contributed by atoms with Gasteiger partial charge in [-0.15, -0.1) is 0 Å². The second-order valence-corrected chi connectivity index (χ2v) is 6.79. The molecular weight excluding hydrogens is 472 g/mol. The molecule has 0 saturated carbocycles. The standard InChI is InChI=1S/4C4H11N.4C2H4O2/c4*1-2-3-4-5;4*1-2(3)4/h4*2-5H2,1H3;4*1H3,(H,3,4). The highest BCUT2D eigenvalue weighted by Crippen LogP contribution is 1.77. The second kappa shape index (κ2) is 69.8. The molecule has 0 aromatic carbocycles. The summed E-state index contributed by atoms with van der Waals surface area (Å²) in [5.74, 6) is -4.33. The van der Waals surface area contributed by atoms with E-state index in [1.165, 1.54) is 51.4 Å².